The maximum atomic E-state index is 9.16. The molecule has 0 aromatic rings. The largest absolute Gasteiger partial charge is 0.395 e. The van der Waals surface area contributed by atoms with E-state index in [1.807, 2.05) is 9.80 Å². The molecule has 116 valence electrons. The third-order valence-electron chi connectivity index (χ3n) is 3.16. The Labute approximate surface area is 125 Å². The van der Waals surface area contributed by atoms with Gasteiger partial charge in [-0.2, -0.15) is 0 Å². The fourth-order valence-electron chi connectivity index (χ4n) is 2.17. The van der Waals surface area contributed by atoms with Crippen LogP contribution in [0, 0.1) is 5.41 Å². The summed E-state index contributed by atoms with van der Waals surface area (Å²) in [5.41, 5.74) is 0. The molecule has 7 heteroatoms. The van der Waals surface area contributed by atoms with E-state index in [1.165, 1.54) is 0 Å². The Kier molecular flexibility index (Phi) is 7.72. The molecule has 0 aromatic heterocycles. The average molecular weight is 305 g/mol. The monoisotopic (exact) mass is 304 g/mol. The first-order chi connectivity index (χ1) is 9.65. The maximum Gasteiger partial charge on any atom is 0.143 e. The quantitative estimate of drug-likeness (QED) is 0.475. The standard InChI is InChI=1S/C13H25ClN4O2/c1-3-4-18(5-8-19)13(16-2)11(14)12(15)17-6-9-20-10-7-17/h15-16,19H,3-10H2,1-2H3/b13-11-,15-12?. The van der Waals surface area contributed by atoms with Gasteiger partial charge in [0.1, 0.15) is 16.7 Å². The van der Waals surface area contributed by atoms with Gasteiger partial charge in [0, 0.05) is 33.2 Å². The van der Waals surface area contributed by atoms with Gasteiger partial charge in [0.25, 0.3) is 0 Å². The van der Waals surface area contributed by atoms with Crippen LogP contribution in [0.25, 0.3) is 0 Å². The minimum atomic E-state index is 0.0558. The van der Waals surface area contributed by atoms with Crippen molar-refractivity contribution in [1.29, 1.82) is 5.41 Å². The highest BCUT2D eigenvalue weighted by molar-refractivity contribution is 6.42. The van der Waals surface area contributed by atoms with E-state index in [0.717, 1.165) is 13.0 Å². The highest BCUT2D eigenvalue weighted by Gasteiger charge is 2.21. The van der Waals surface area contributed by atoms with Gasteiger partial charge in [0.2, 0.25) is 0 Å². The summed E-state index contributed by atoms with van der Waals surface area (Å²) in [5, 5.41) is 20.8. The Hall–Kier alpha value is -0.980. The molecule has 0 amide bonds. The molecule has 1 saturated heterocycles. The molecule has 1 rings (SSSR count). The number of amidine groups is 1. The van der Waals surface area contributed by atoms with Gasteiger partial charge in [0.05, 0.1) is 19.8 Å². The molecule has 1 heterocycles. The number of hydrogen-bond donors (Lipinski definition) is 3. The summed E-state index contributed by atoms with van der Waals surface area (Å²) in [4.78, 5) is 3.88. The van der Waals surface area contributed by atoms with E-state index in [1.54, 1.807) is 7.05 Å². The van der Waals surface area contributed by atoms with Crippen LogP contribution in [-0.2, 0) is 4.74 Å². The molecule has 1 fully saturated rings. The lowest BCUT2D eigenvalue weighted by Gasteiger charge is -2.32. The second-order valence-electron chi connectivity index (χ2n) is 4.57. The molecule has 1 aliphatic rings. The summed E-state index contributed by atoms with van der Waals surface area (Å²) in [6, 6.07) is 0. The SMILES string of the molecule is CCCN(CCO)/C(NC)=C(\Cl)C(=N)N1CCOCC1. The lowest BCUT2D eigenvalue weighted by Crippen LogP contribution is -2.42. The number of aliphatic hydroxyl groups is 1. The zero-order chi connectivity index (χ0) is 15.0. The van der Waals surface area contributed by atoms with Crippen molar-refractivity contribution >= 4 is 17.4 Å². The first kappa shape index (κ1) is 17.1. The zero-order valence-corrected chi connectivity index (χ0v) is 13.0. The number of rotatable bonds is 7. The first-order valence-electron chi connectivity index (χ1n) is 7.00. The fourth-order valence-corrected chi connectivity index (χ4v) is 2.50. The Morgan fingerprint density at radius 2 is 2.05 bits per heavy atom. The number of morpholine rings is 1. The van der Waals surface area contributed by atoms with E-state index >= 15 is 0 Å². The fraction of sp³-hybridized carbons (Fsp3) is 0.769. The molecule has 0 atom stereocenters. The summed E-state index contributed by atoms with van der Waals surface area (Å²) in [7, 11) is 1.78. The van der Waals surface area contributed by atoms with Crippen LogP contribution < -0.4 is 5.32 Å². The molecular weight excluding hydrogens is 280 g/mol. The molecule has 0 spiro atoms. The van der Waals surface area contributed by atoms with Crippen molar-refractivity contribution in [2.45, 2.75) is 13.3 Å². The molecule has 1 aliphatic heterocycles. The molecule has 3 N–H and O–H groups in total. The Bertz CT molecular complexity index is 337. The molecule has 0 aromatic carbocycles. The van der Waals surface area contributed by atoms with Gasteiger partial charge in [-0.3, -0.25) is 5.41 Å². The Balaban J connectivity index is 2.87. The van der Waals surface area contributed by atoms with Crippen molar-refractivity contribution in [1.82, 2.24) is 15.1 Å². The van der Waals surface area contributed by atoms with Crippen LogP contribution in [0.5, 0.6) is 0 Å². The van der Waals surface area contributed by atoms with Crippen LogP contribution >= 0.6 is 11.6 Å². The lowest BCUT2D eigenvalue weighted by atomic mass is 10.3. The Morgan fingerprint density at radius 3 is 2.55 bits per heavy atom. The number of nitrogens with one attached hydrogen (secondary N) is 2. The van der Waals surface area contributed by atoms with E-state index in [2.05, 4.69) is 12.2 Å². The third-order valence-corrected chi connectivity index (χ3v) is 3.52. The first-order valence-corrected chi connectivity index (χ1v) is 7.38. The van der Waals surface area contributed by atoms with Gasteiger partial charge in [-0.25, -0.2) is 0 Å². The van der Waals surface area contributed by atoms with Gasteiger partial charge >= 0.3 is 0 Å². The molecule has 0 radical (unpaired) electrons. The van der Waals surface area contributed by atoms with Crippen molar-refractivity contribution in [3.05, 3.63) is 10.9 Å². The van der Waals surface area contributed by atoms with Gasteiger partial charge in [-0.05, 0) is 6.42 Å². The van der Waals surface area contributed by atoms with Crippen LogP contribution in [0.1, 0.15) is 13.3 Å². The van der Waals surface area contributed by atoms with E-state index in [0.29, 0.717) is 49.5 Å². The normalized spacial score (nSPS) is 16.7. The minimum absolute atomic E-state index is 0.0558. The van der Waals surface area contributed by atoms with Gasteiger partial charge in [-0.1, -0.05) is 18.5 Å². The molecule has 0 unspecified atom stereocenters. The van der Waals surface area contributed by atoms with E-state index in [9.17, 15) is 0 Å². The summed E-state index contributed by atoms with van der Waals surface area (Å²) in [6.45, 7) is 6.01. The van der Waals surface area contributed by atoms with Gasteiger partial charge in [-0.15, -0.1) is 0 Å². The van der Waals surface area contributed by atoms with Crippen molar-refractivity contribution in [2.75, 3.05) is 53.0 Å². The minimum Gasteiger partial charge on any atom is -0.395 e. The Morgan fingerprint density at radius 1 is 1.40 bits per heavy atom. The predicted octanol–water partition coefficient (Wildman–Crippen LogP) is 0.627. The molecule has 0 bridgehead atoms. The number of aliphatic hydroxyl groups excluding tert-OH is 1. The molecular formula is C13H25ClN4O2. The van der Waals surface area contributed by atoms with Crippen LogP contribution in [-0.4, -0.2) is 73.8 Å². The van der Waals surface area contributed by atoms with E-state index < -0.39 is 0 Å². The van der Waals surface area contributed by atoms with Crippen molar-refractivity contribution < 1.29 is 9.84 Å². The third kappa shape index (κ3) is 4.54. The smallest absolute Gasteiger partial charge is 0.143 e. The highest BCUT2D eigenvalue weighted by Crippen LogP contribution is 2.16. The van der Waals surface area contributed by atoms with Crippen LogP contribution in [0.3, 0.4) is 0 Å². The van der Waals surface area contributed by atoms with Crippen LogP contribution in [0.15, 0.2) is 10.9 Å². The molecule has 20 heavy (non-hydrogen) atoms. The summed E-state index contributed by atoms with van der Waals surface area (Å²) >= 11 is 6.38. The number of ether oxygens (including phenoxy) is 1. The van der Waals surface area contributed by atoms with Crippen LogP contribution in [0.4, 0.5) is 0 Å². The predicted molar refractivity (Wildman–Crippen MR) is 81.0 cm³/mol. The zero-order valence-electron chi connectivity index (χ0n) is 12.3. The summed E-state index contributed by atoms with van der Waals surface area (Å²) in [5.74, 6) is 0.998. The number of halogens is 1. The molecule has 0 aliphatic carbocycles. The molecule has 6 nitrogen and oxygen atoms in total. The summed E-state index contributed by atoms with van der Waals surface area (Å²) < 4.78 is 5.28. The van der Waals surface area contributed by atoms with Crippen LogP contribution in [0.2, 0.25) is 0 Å². The van der Waals surface area contributed by atoms with E-state index in [-0.39, 0.29) is 6.61 Å². The summed E-state index contributed by atoms with van der Waals surface area (Å²) in [6.07, 6.45) is 0.945. The van der Waals surface area contributed by atoms with Crippen molar-refractivity contribution in [3.63, 3.8) is 0 Å². The molecule has 0 saturated carbocycles. The van der Waals surface area contributed by atoms with Gasteiger partial charge in [0.15, 0.2) is 0 Å². The van der Waals surface area contributed by atoms with E-state index in [4.69, 9.17) is 26.9 Å². The second kappa shape index (κ2) is 9.05. The van der Waals surface area contributed by atoms with Crippen molar-refractivity contribution in [2.24, 2.45) is 0 Å². The maximum absolute atomic E-state index is 9.16. The van der Waals surface area contributed by atoms with Crippen molar-refractivity contribution in [3.8, 4) is 0 Å². The highest BCUT2D eigenvalue weighted by atomic mass is 35.5. The average Bonchev–Trinajstić information content (AvgIpc) is 2.48. The number of nitrogens with zero attached hydrogens (tertiary/aromatic N) is 2. The lowest BCUT2D eigenvalue weighted by molar-refractivity contribution is 0.0679. The van der Waals surface area contributed by atoms with Gasteiger partial charge < -0.3 is 25.0 Å². The number of hydrogen-bond acceptors (Lipinski definition) is 5. The second-order valence-corrected chi connectivity index (χ2v) is 4.95. The topological polar surface area (TPSA) is 71.8 Å².